The number of anilines is 1. The average Bonchev–Trinajstić information content (AvgIpc) is 3.03. The molecule has 1 unspecified atom stereocenters. The van der Waals surface area contributed by atoms with Crippen LogP contribution in [0.2, 0.25) is 0 Å². The highest BCUT2D eigenvalue weighted by atomic mass is 16.5. The minimum atomic E-state index is 0.139. The second-order valence-electron chi connectivity index (χ2n) is 5.74. The Labute approximate surface area is 134 Å². The number of pyridine rings is 1. The molecule has 0 aromatic carbocycles. The SMILES string of the molecule is Cc1cc(N2CCCC(Oc3cccnc3)C2)n2ncnc2n1. The third kappa shape index (κ3) is 2.81. The van der Waals surface area contributed by atoms with Crippen molar-refractivity contribution >= 4 is 11.6 Å². The number of piperidine rings is 1. The molecule has 1 fully saturated rings. The van der Waals surface area contributed by atoms with Gasteiger partial charge in [-0.15, -0.1) is 0 Å². The highest BCUT2D eigenvalue weighted by Crippen LogP contribution is 2.23. The smallest absolute Gasteiger partial charge is 0.254 e. The van der Waals surface area contributed by atoms with Gasteiger partial charge in [0.25, 0.3) is 5.78 Å². The monoisotopic (exact) mass is 310 g/mol. The van der Waals surface area contributed by atoms with Crippen LogP contribution in [-0.4, -0.2) is 43.8 Å². The molecular weight excluding hydrogens is 292 g/mol. The highest BCUT2D eigenvalue weighted by molar-refractivity contribution is 5.47. The van der Waals surface area contributed by atoms with Crippen molar-refractivity contribution < 1.29 is 4.74 Å². The highest BCUT2D eigenvalue weighted by Gasteiger charge is 2.24. The van der Waals surface area contributed by atoms with Gasteiger partial charge in [0, 0.05) is 24.5 Å². The van der Waals surface area contributed by atoms with Crippen LogP contribution in [0.3, 0.4) is 0 Å². The van der Waals surface area contributed by atoms with Crippen molar-refractivity contribution in [2.24, 2.45) is 0 Å². The number of aryl methyl sites for hydroxylation is 1. The van der Waals surface area contributed by atoms with Crippen molar-refractivity contribution in [3.05, 3.63) is 42.6 Å². The Morgan fingerprint density at radius 1 is 1.35 bits per heavy atom. The number of aromatic nitrogens is 5. The standard InChI is InChI=1S/C16H18N6O/c1-12-8-15(22-16(20-12)18-11-19-22)21-7-3-5-14(10-21)23-13-4-2-6-17-9-13/h2,4,6,8-9,11,14H,3,5,7,10H2,1H3. The third-order valence-corrected chi connectivity index (χ3v) is 4.00. The molecule has 3 aromatic rings. The number of ether oxygens (including phenoxy) is 1. The summed E-state index contributed by atoms with van der Waals surface area (Å²) >= 11 is 0. The molecule has 1 atom stereocenters. The molecule has 0 aliphatic carbocycles. The van der Waals surface area contributed by atoms with Gasteiger partial charge in [-0.3, -0.25) is 4.98 Å². The van der Waals surface area contributed by atoms with Gasteiger partial charge in [0.15, 0.2) is 0 Å². The summed E-state index contributed by atoms with van der Waals surface area (Å²) in [5, 5.41) is 4.29. The molecule has 23 heavy (non-hydrogen) atoms. The van der Waals surface area contributed by atoms with Gasteiger partial charge < -0.3 is 9.64 Å². The molecule has 7 nitrogen and oxygen atoms in total. The van der Waals surface area contributed by atoms with Crippen LogP contribution in [0.4, 0.5) is 5.82 Å². The molecule has 4 heterocycles. The Hall–Kier alpha value is -2.70. The zero-order valence-electron chi connectivity index (χ0n) is 13.0. The Kier molecular flexibility index (Phi) is 3.53. The van der Waals surface area contributed by atoms with Gasteiger partial charge in [0.2, 0.25) is 0 Å². The van der Waals surface area contributed by atoms with Crippen LogP contribution in [-0.2, 0) is 0 Å². The van der Waals surface area contributed by atoms with Crippen LogP contribution in [0.1, 0.15) is 18.5 Å². The molecule has 118 valence electrons. The molecule has 0 bridgehead atoms. The van der Waals surface area contributed by atoms with E-state index in [-0.39, 0.29) is 6.10 Å². The molecule has 0 amide bonds. The topological polar surface area (TPSA) is 68.4 Å². The number of nitrogens with zero attached hydrogens (tertiary/aromatic N) is 6. The van der Waals surface area contributed by atoms with E-state index in [1.54, 1.807) is 23.2 Å². The molecule has 1 saturated heterocycles. The molecule has 3 aromatic heterocycles. The van der Waals surface area contributed by atoms with Gasteiger partial charge in [-0.1, -0.05) is 0 Å². The predicted octanol–water partition coefficient (Wildman–Crippen LogP) is 1.88. The van der Waals surface area contributed by atoms with Gasteiger partial charge in [-0.05, 0) is 31.9 Å². The fourth-order valence-corrected chi connectivity index (χ4v) is 2.99. The Bertz CT molecular complexity index is 803. The first-order valence-electron chi connectivity index (χ1n) is 7.78. The molecule has 4 rings (SSSR count). The van der Waals surface area contributed by atoms with E-state index in [4.69, 9.17) is 4.74 Å². The normalized spacial score (nSPS) is 18.3. The molecule has 0 spiro atoms. The van der Waals surface area contributed by atoms with Gasteiger partial charge in [-0.25, -0.2) is 4.98 Å². The van der Waals surface area contributed by atoms with E-state index in [1.165, 1.54) is 0 Å². The molecule has 0 saturated carbocycles. The van der Waals surface area contributed by atoms with Crippen LogP contribution in [0.15, 0.2) is 36.9 Å². The maximum absolute atomic E-state index is 6.07. The van der Waals surface area contributed by atoms with E-state index in [0.29, 0.717) is 5.78 Å². The van der Waals surface area contributed by atoms with Crippen LogP contribution in [0.5, 0.6) is 5.75 Å². The summed E-state index contributed by atoms with van der Waals surface area (Å²) in [6, 6.07) is 5.88. The third-order valence-electron chi connectivity index (χ3n) is 4.00. The van der Waals surface area contributed by atoms with E-state index in [2.05, 4.69) is 25.0 Å². The lowest BCUT2D eigenvalue weighted by Crippen LogP contribution is -2.42. The first kappa shape index (κ1) is 13.9. The molecule has 1 aliphatic heterocycles. The summed E-state index contributed by atoms with van der Waals surface area (Å²) in [7, 11) is 0. The summed E-state index contributed by atoms with van der Waals surface area (Å²) in [6.07, 6.45) is 7.30. The van der Waals surface area contributed by atoms with Gasteiger partial charge in [-0.2, -0.15) is 14.6 Å². The Morgan fingerprint density at radius 2 is 2.30 bits per heavy atom. The number of fused-ring (bicyclic) bond motifs is 1. The summed E-state index contributed by atoms with van der Waals surface area (Å²) in [5.74, 6) is 2.47. The van der Waals surface area contributed by atoms with E-state index >= 15 is 0 Å². The van der Waals surface area contributed by atoms with Crippen molar-refractivity contribution in [2.45, 2.75) is 25.9 Å². The largest absolute Gasteiger partial charge is 0.487 e. The quantitative estimate of drug-likeness (QED) is 0.736. The van der Waals surface area contributed by atoms with E-state index in [9.17, 15) is 0 Å². The van der Waals surface area contributed by atoms with Gasteiger partial charge in [0.1, 0.15) is 24.0 Å². The van der Waals surface area contributed by atoms with Gasteiger partial charge >= 0.3 is 0 Å². The maximum Gasteiger partial charge on any atom is 0.254 e. The summed E-state index contributed by atoms with van der Waals surface area (Å²) in [6.45, 7) is 3.77. The molecular formula is C16H18N6O. The van der Waals surface area contributed by atoms with Crippen LogP contribution in [0, 0.1) is 6.92 Å². The first-order chi connectivity index (χ1) is 11.3. The number of hydrogen-bond donors (Lipinski definition) is 0. The van der Waals surface area contributed by atoms with Crippen LogP contribution < -0.4 is 9.64 Å². The summed E-state index contributed by atoms with van der Waals surface area (Å²) < 4.78 is 7.86. The number of rotatable bonds is 3. The van der Waals surface area contributed by atoms with E-state index in [1.807, 2.05) is 25.1 Å². The second-order valence-corrected chi connectivity index (χ2v) is 5.74. The molecule has 1 aliphatic rings. The summed E-state index contributed by atoms with van der Waals surface area (Å²) in [4.78, 5) is 15.0. The zero-order valence-corrected chi connectivity index (χ0v) is 13.0. The Balaban J connectivity index is 1.58. The van der Waals surface area contributed by atoms with Crippen LogP contribution >= 0.6 is 0 Å². The van der Waals surface area contributed by atoms with Gasteiger partial charge in [0.05, 0.1) is 12.7 Å². The predicted molar refractivity (Wildman–Crippen MR) is 85.6 cm³/mol. The average molecular weight is 310 g/mol. The second kappa shape index (κ2) is 5.83. The lowest BCUT2D eigenvalue weighted by atomic mass is 10.1. The van der Waals surface area contributed by atoms with Crippen LogP contribution in [0.25, 0.3) is 5.78 Å². The lowest BCUT2D eigenvalue weighted by molar-refractivity contribution is 0.178. The van der Waals surface area contributed by atoms with Crippen molar-refractivity contribution in [3.8, 4) is 5.75 Å². The minimum absolute atomic E-state index is 0.139. The number of hydrogen-bond acceptors (Lipinski definition) is 6. The first-order valence-corrected chi connectivity index (χ1v) is 7.78. The Morgan fingerprint density at radius 3 is 3.17 bits per heavy atom. The lowest BCUT2D eigenvalue weighted by Gasteiger charge is -2.34. The van der Waals surface area contributed by atoms with Crippen molar-refractivity contribution in [1.29, 1.82) is 0 Å². The zero-order chi connectivity index (χ0) is 15.6. The van der Waals surface area contributed by atoms with Crippen molar-refractivity contribution in [2.75, 3.05) is 18.0 Å². The molecule has 7 heteroatoms. The van der Waals surface area contributed by atoms with E-state index < -0.39 is 0 Å². The molecule has 0 N–H and O–H groups in total. The fourth-order valence-electron chi connectivity index (χ4n) is 2.99. The van der Waals surface area contributed by atoms with Crippen molar-refractivity contribution in [3.63, 3.8) is 0 Å². The van der Waals surface area contributed by atoms with Crippen molar-refractivity contribution in [1.82, 2.24) is 24.6 Å². The fraction of sp³-hybridized carbons (Fsp3) is 0.375. The maximum atomic E-state index is 6.07. The minimum Gasteiger partial charge on any atom is -0.487 e. The summed E-state index contributed by atoms with van der Waals surface area (Å²) in [5.41, 5.74) is 0.941. The van der Waals surface area contributed by atoms with E-state index in [0.717, 1.165) is 43.2 Å². The molecule has 0 radical (unpaired) electrons.